The lowest BCUT2D eigenvalue weighted by atomic mass is 9.56. The van der Waals surface area contributed by atoms with Crippen molar-refractivity contribution in [3.63, 3.8) is 0 Å². The second-order valence-corrected chi connectivity index (χ2v) is 6.28. The van der Waals surface area contributed by atoms with Gasteiger partial charge in [0.1, 0.15) is 0 Å². The van der Waals surface area contributed by atoms with Gasteiger partial charge in [0.05, 0.1) is 19.3 Å². The Morgan fingerprint density at radius 3 is 2.79 bits per heavy atom. The smallest absolute Gasteiger partial charge is 0.302 e. The SMILES string of the molecule is CC[C@H]1OC[C@]2(COC(C)=O)[C@H](C)C=C(C)[C@H]1[C@H]2C. The Bertz CT molecular complexity index is 387. The van der Waals surface area contributed by atoms with Gasteiger partial charge in [0.25, 0.3) is 0 Å². The van der Waals surface area contributed by atoms with E-state index in [0.717, 1.165) is 6.42 Å². The zero-order valence-corrected chi connectivity index (χ0v) is 12.7. The Morgan fingerprint density at radius 1 is 1.53 bits per heavy atom. The Hall–Kier alpha value is -0.830. The van der Waals surface area contributed by atoms with Crippen molar-refractivity contribution in [1.29, 1.82) is 0 Å². The van der Waals surface area contributed by atoms with Crippen molar-refractivity contribution in [1.82, 2.24) is 0 Å². The van der Waals surface area contributed by atoms with E-state index in [0.29, 0.717) is 37.1 Å². The lowest BCUT2D eigenvalue weighted by molar-refractivity contribution is -0.179. The van der Waals surface area contributed by atoms with Gasteiger partial charge in [-0.2, -0.15) is 0 Å². The fraction of sp³-hybridized carbons (Fsp3) is 0.812. The number of esters is 1. The second-order valence-electron chi connectivity index (χ2n) is 6.28. The molecule has 0 aromatic heterocycles. The average molecular weight is 266 g/mol. The summed E-state index contributed by atoms with van der Waals surface area (Å²) in [6, 6.07) is 0. The summed E-state index contributed by atoms with van der Waals surface area (Å²) in [4.78, 5) is 11.2. The van der Waals surface area contributed by atoms with Gasteiger partial charge in [-0.15, -0.1) is 0 Å². The summed E-state index contributed by atoms with van der Waals surface area (Å²) in [7, 11) is 0. The largest absolute Gasteiger partial charge is 0.465 e. The standard InChI is InChI=1S/C16H26O3/c1-6-14-15-10(2)7-11(3)16(9-19-14,12(15)4)8-18-13(5)17/h7,11-12,14-15H,6,8-9H2,1-5H3/t11-,12-,14-,15+,16-/m1/s1. The number of carbonyl (C=O) groups is 1. The molecule has 3 heteroatoms. The molecular weight excluding hydrogens is 240 g/mol. The monoisotopic (exact) mass is 266 g/mol. The predicted octanol–water partition coefficient (Wildman–Crippen LogP) is 3.19. The number of fused-ring (bicyclic) bond motifs is 2. The summed E-state index contributed by atoms with van der Waals surface area (Å²) < 4.78 is 11.5. The molecule has 0 amide bonds. The van der Waals surface area contributed by atoms with Gasteiger partial charge in [-0.3, -0.25) is 4.79 Å². The molecule has 0 aromatic carbocycles. The zero-order valence-electron chi connectivity index (χ0n) is 12.7. The highest BCUT2D eigenvalue weighted by atomic mass is 16.5. The first-order chi connectivity index (χ1) is 8.92. The van der Waals surface area contributed by atoms with Crippen LogP contribution >= 0.6 is 0 Å². The topological polar surface area (TPSA) is 35.5 Å². The molecule has 3 nitrogen and oxygen atoms in total. The molecule has 0 N–H and O–H groups in total. The first-order valence-electron chi connectivity index (χ1n) is 7.35. The minimum absolute atomic E-state index is 0.0541. The Balaban J connectivity index is 2.31. The van der Waals surface area contributed by atoms with Gasteiger partial charge < -0.3 is 9.47 Å². The first-order valence-corrected chi connectivity index (χ1v) is 7.35. The summed E-state index contributed by atoms with van der Waals surface area (Å²) in [5.41, 5.74) is 1.38. The van der Waals surface area contributed by atoms with Crippen LogP contribution in [0.15, 0.2) is 11.6 Å². The Kier molecular flexibility index (Phi) is 4.05. The molecular formula is C16H26O3. The number of allylic oxidation sites excluding steroid dienone is 1. The third kappa shape index (κ3) is 2.33. The quantitative estimate of drug-likeness (QED) is 0.581. The van der Waals surface area contributed by atoms with E-state index in [-0.39, 0.29) is 11.4 Å². The van der Waals surface area contributed by atoms with Crippen molar-refractivity contribution in [3.05, 3.63) is 11.6 Å². The summed E-state index contributed by atoms with van der Waals surface area (Å²) in [6.07, 6.45) is 3.71. The summed E-state index contributed by atoms with van der Waals surface area (Å²) in [5.74, 6) is 1.14. The normalized spacial score (nSPS) is 41.6. The van der Waals surface area contributed by atoms with Crippen LogP contribution in [0, 0.1) is 23.2 Å². The highest BCUT2D eigenvalue weighted by Crippen LogP contribution is 2.53. The molecule has 19 heavy (non-hydrogen) atoms. The summed E-state index contributed by atoms with van der Waals surface area (Å²) in [5, 5.41) is 0. The average Bonchev–Trinajstić information content (AvgIpc) is 2.34. The third-order valence-electron chi connectivity index (χ3n) is 5.30. The molecule has 0 unspecified atom stereocenters. The van der Waals surface area contributed by atoms with Crippen LogP contribution in [-0.4, -0.2) is 25.3 Å². The number of hydrogen-bond donors (Lipinski definition) is 0. The minimum atomic E-state index is -0.200. The molecule has 1 aliphatic carbocycles. The minimum Gasteiger partial charge on any atom is -0.465 e. The molecule has 2 bridgehead atoms. The molecule has 0 spiro atoms. The summed E-state index contributed by atoms with van der Waals surface area (Å²) in [6.45, 7) is 11.6. The van der Waals surface area contributed by atoms with Gasteiger partial charge in [0, 0.05) is 18.3 Å². The van der Waals surface area contributed by atoms with E-state index in [4.69, 9.17) is 9.47 Å². The van der Waals surface area contributed by atoms with Crippen LogP contribution in [-0.2, 0) is 14.3 Å². The number of hydrogen-bond acceptors (Lipinski definition) is 3. The van der Waals surface area contributed by atoms with Gasteiger partial charge in [-0.05, 0) is 25.2 Å². The van der Waals surface area contributed by atoms with Gasteiger partial charge in [0.2, 0.25) is 0 Å². The van der Waals surface area contributed by atoms with Gasteiger partial charge >= 0.3 is 5.97 Å². The van der Waals surface area contributed by atoms with E-state index in [1.165, 1.54) is 12.5 Å². The van der Waals surface area contributed by atoms with E-state index in [9.17, 15) is 4.79 Å². The van der Waals surface area contributed by atoms with Crippen LogP contribution in [0.4, 0.5) is 0 Å². The molecule has 2 aliphatic rings. The zero-order chi connectivity index (χ0) is 14.2. The first kappa shape index (κ1) is 14.6. The van der Waals surface area contributed by atoms with Crippen LogP contribution in [0.3, 0.4) is 0 Å². The van der Waals surface area contributed by atoms with Crippen LogP contribution in [0.2, 0.25) is 0 Å². The molecule has 1 saturated heterocycles. The highest BCUT2D eigenvalue weighted by molar-refractivity contribution is 5.65. The van der Waals surface area contributed by atoms with E-state index < -0.39 is 0 Å². The molecule has 2 rings (SSSR count). The van der Waals surface area contributed by atoms with E-state index in [1.807, 2.05) is 0 Å². The Labute approximate surface area is 116 Å². The summed E-state index contributed by atoms with van der Waals surface area (Å²) >= 11 is 0. The highest BCUT2D eigenvalue weighted by Gasteiger charge is 2.53. The maximum absolute atomic E-state index is 11.2. The molecule has 1 fully saturated rings. The van der Waals surface area contributed by atoms with Crippen LogP contribution in [0.5, 0.6) is 0 Å². The number of ether oxygens (including phenoxy) is 2. The van der Waals surface area contributed by atoms with Gasteiger partial charge in [0.15, 0.2) is 0 Å². The van der Waals surface area contributed by atoms with Gasteiger partial charge in [-0.25, -0.2) is 0 Å². The van der Waals surface area contributed by atoms with Gasteiger partial charge in [-0.1, -0.05) is 32.4 Å². The molecule has 1 heterocycles. The lowest BCUT2D eigenvalue weighted by Gasteiger charge is -2.55. The number of rotatable bonds is 3. The fourth-order valence-corrected chi connectivity index (χ4v) is 3.99. The molecule has 108 valence electrons. The lowest BCUT2D eigenvalue weighted by Crippen LogP contribution is -2.56. The molecule has 1 aliphatic heterocycles. The molecule has 0 aromatic rings. The Morgan fingerprint density at radius 2 is 2.21 bits per heavy atom. The molecule has 5 atom stereocenters. The maximum Gasteiger partial charge on any atom is 0.302 e. The maximum atomic E-state index is 11.2. The van der Waals surface area contributed by atoms with Crippen molar-refractivity contribution >= 4 is 5.97 Å². The van der Waals surface area contributed by atoms with Crippen LogP contribution in [0.1, 0.15) is 41.0 Å². The fourth-order valence-electron chi connectivity index (χ4n) is 3.99. The van der Waals surface area contributed by atoms with Crippen molar-refractivity contribution in [3.8, 4) is 0 Å². The number of carbonyl (C=O) groups excluding carboxylic acids is 1. The van der Waals surface area contributed by atoms with Crippen LogP contribution < -0.4 is 0 Å². The molecule has 0 saturated carbocycles. The van der Waals surface area contributed by atoms with E-state index in [1.54, 1.807) is 0 Å². The van der Waals surface area contributed by atoms with Crippen molar-refractivity contribution in [2.45, 2.75) is 47.1 Å². The van der Waals surface area contributed by atoms with Crippen LogP contribution in [0.25, 0.3) is 0 Å². The van der Waals surface area contributed by atoms with E-state index in [2.05, 4.69) is 33.8 Å². The predicted molar refractivity (Wildman–Crippen MR) is 74.7 cm³/mol. The molecule has 0 radical (unpaired) electrons. The third-order valence-corrected chi connectivity index (χ3v) is 5.30. The second kappa shape index (κ2) is 5.28. The van der Waals surface area contributed by atoms with Crippen molar-refractivity contribution in [2.75, 3.05) is 13.2 Å². The van der Waals surface area contributed by atoms with Crippen molar-refractivity contribution < 1.29 is 14.3 Å². The van der Waals surface area contributed by atoms with E-state index >= 15 is 0 Å². The van der Waals surface area contributed by atoms with Crippen molar-refractivity contribution in [2.24, 2.45) is 23.2 Å².